The van der Waals surface area contributed by atoms with Gasteiger partial charge < -0.3 is 9.84 Å². The molecule has 1 N–H and O–H groups in total. The van der Waals surface area contributed by atoms with Crippen LogP contribution in [0, 0.1) is 0 Å². The molecule has 0 saturated carbocycles. The second-order valence-corrected chi connectivity index (χ2v) is 4.63. The number of hydrogen-bond donors (Lipinski definition) is 1. The number of carboxylic acids is 1. The lowest BCUT2D eigenvalue weighted by molar-refractivity contribution is -0.131. The smallest absolute Gasteiger partial charge is 0.328 e. The van der Waals surface area contributed by atoms with Gasteiger partial charge in [-0.25, -0.2) is 4.79 Å². The van der Waals surface area contributed by atoms with Gasteiger partial charge in [-0.05, 0) is 62.6 Å². The van der Waals surface area contributed by atoms with Gasteiger partial charge in [0.2, 0.25) is 0 Å². The molecule has 0 radical (unpaired) electrons. The van der Waals surface area contributed by atoms with Crippen LogP contribution in [0.25, 0.3) is 6.08 Å². The molecule has 0 aliphatic rings. The Hall–Kier alpha value is -0.810. The van der Waals surface area contributed by atoms with Crippen molar-refractivity contribution in [3.05, 3.63) is 32.7 Å². The zero-order valence-electron chi connectivity index (χ0n) is 8.54. The minimum atomic E-state index is -0.971. The summed E-state index contributed by atoms with van der Waals surface area (Å²) in [6.45, 7) is 2.47. The van der Waals surface area contributed by atoms with Crippen molar-refractivity contribution >= 4 is 43.9 Å². The van der Waals surface area contributed by atoms with Gasteiger partial charge in [-0.1, -0.05) is 0 Å². The summed E-state index contributed by atoms with van der Waals surface area (Å²) in [5, 5.41) is 8.52. The van der Waals surface area contributed by atoms with E-state index in [2.05, 4.69) is 31.9 Å². The Labute approximate surface area is 110 Å². The molecule has 0 aromatic heterocycles. The van der Waals surface area contributed by atoms with E-state index in [-0.39, 0.29) is 0 Å². The Morgan fingerprint density at radius 2 is 2.00 bits per heavy atom. The van der Waals surface area contributed by atoms with Crippen LogP contribution in [0.2, 0.25) is 0 Å². The van der Waals surface area contributed by atoms with Gasteiger partial charge in [0.05, 0.1) is 15.6 Å². The molecule has 0 spiro atoms. The molecule has 0 heterocycles. The van der Waals surface area contributed by atoms with Crippen LogP contribution in [-0.2, 0) is 4.79 Å². The fraction of sp³-hybridized carbons (Fsp3) is 0.182. The summed E-state index contributed by atoms with van der Waals surface area (Å²) in [7, 11) is 0. The van der Waals surface area contributed by atoms with Gasteiger partial charge in [0.1, 0.15) is 5.75 Å². The summed E-state index contributed by atoms with van der Waals surface area (Å²) in [6.07, 6.45) is 2.61. The molecule has 0 bridgehead atoms. The number of benzene rings is 1. The fourth-order valence-electron chi connectivity index (χ4n) is 1.13. The highest BCUT2D eigenvalue weighted by Gasteiger charge is 2.07. The van der Waals surface area contributed by atoms with Crippen molar-refractivity contribution in [2.75, 3.05) is 6.61 Å². The molecule has 86 valence electrons. The number of rotatable bonds is 4. The Bertz CT molecular complexity index is 404. The maximum absolute atomic E-state index is 10.4. The summed E-state index contributed by atoms with van der Waals surface area (Å²) in [5.74, 6) is -0.254. The van der Waals surface area contributed by atoms with E-state index >= 15 is 0 Å². The summed E-state index contributed by atoms with van der Waals surface area (Å²) < 4.78 is 6.99. The van der Waals surface area contributed by atoms with Crippen molar-refractivity contribution in [3.8, 4) is 5.75 Å². The molecule has 0 unspecified atom stereocenters. The highest BCUT2D eigenvalue weighted by molar-refractivity contribution is 9.11. The molecule has 1 rings (SSSR count). The first kappa shape index (κ1) is 13.3. The standard InChI is InChI=1S/C11H10Br2O3/c1-2-16-11-8(12)5-7(6-9(11)13)3-4-10(14)15/h3-6H,2H2,1H3,(H,14,15)/b4-3+. The van der Waals surface area contributed by atoms with E-state index in [1.54, 1.807) is 12.1 Å². The summed E-state index contributed by atoms with van der Waals surface area (Å²) in [6, 6.07) is 3.60. The van der Waals surface area contributed by atoms with Crippen molar-refractivity contribution in [2.45, 2.75) is 6.92 Å². The van der Waals surface area contributed by atoms with Gasteiger partial charge in [0, 0.05) is 6.08 Å². The first-order chi connectivity index (χ1) is 7.54. The Balaban J connectivity index is 3.04. The normalized spacial score (nSPS) is 10.7. The molecule has 0 aliphatic carbocycles. The van der Waals surface area contributed by atoms with Crippen LogP contribution in [0.5, 0.6) is 5.75 Å². The van der Waals surface area contributed by atoms with Crippen LogP contribution in [0.15, 0.2) is 27.2 Å². The second kappa shape index (κ2) is 6.06. The molecule has 16 heavy (non-hydrogen) atoms. The molecule has 0 aliphatic heterocycles. The molecule has 1 aromatic carbocycles. The summed E-state index contributed by atoms with van der Waals surface area (Å²) in [4.78, 5) is 10.4. The van der Waals surface area contributed by atoms with Crippen LogP contribution in [-0.4, -0.2) is 17.7 Å². The highest BCUT2D eigenvalue weighted by atomic mass is 79.9. The van der Waals surface area contributed by atoms with E-state index in [0.29, 0.717) is 6.61 Å². The van der Waals surface area contributed by atoms with E-state index < -0.39 is 5.97 Å². The number of hydrogen-bond acceptors (Lipinski definition) is 2. The van der Waals surface area contributed by atoms with Crippen molar-refractivity contribution in [1.29, 1.82) is 0 Å². The summed E-state index contributed by atoms with van der Waals surface area (Å²) in [5.41, 5.74) is 0.782. The molecular weight excluding hydrogens is 340 g/mol. The van der Waals surface area contributed by atoms with Gasteiger partial charge in [-0.2, -0.15) is 0 Å². The minimum Gasteiger partial charge on any atom is -0.492 e. The fourth-order valence-corrected chi connectivity index (χ4v) is 2.58. The average molecular weight is 350 g/mol. The molecule has 1 aromatic rings. The minimum absolute atomic E-state index is 0.571. The number of carbonyl (C=O) groups is 1. The second-order valence-electron chi connectivity index (χ2n) is 2.92. The van der Waals surface area contributed by atoms with Crippen molar-refractivity contribution in [2.24, 2.45) is 0 Å². The summed E-state index contributed by atoms with van der Waals surface area (Å²) >= 11 is 6.74. The lowest BCUT2D eigenvalue weighted by Crippen LogP contribution is -1.94. The molecule has 0 atom stereocenters. The van der Waals surface area contributed by atoms with Crippen molar-refractivity contribution in [3.63, 3.8) is 0 Å². The highest BCUT2D eigenvalue weighted by Crippen LogP contribution is 2.35. The van der Waals surface area contributed by atoms with Crippen molar-refractivity contribution < 1.29 is 14.6 Å². The third-order valence-corrected chi connectivity index (χ3v) is 2.91. The molecule has 3 nitrogen and oxygen atoms in total. The largest absolute Gasteiger partial charge is 0.492 e. The van der Waals surface area contributed by atoms with Gasteiger partial charge in [-0.3, -0.25) is 0 Å². The zero-order valence-corrected chi connectivity index (χ0v) is 11.7. The molecule has 5 heteroatoms. The quantitative estimate of drug-likeness (QED) is 0.843. The predicted octanol–water partition coefficient (Wildman–Crippen LogP) is 3.71. The van der Waals surface area contributed by atoms with Crippen molar-refractivity contribution in [1.82, 2.24) is 0 Å². The van der Waals surface area contributed by atoms with E-state index in [1.807, 2.05) is 6.92 Å². The molecule has 0 saturated heterocycles. The Kier molecular flexibility index (Phi) is 5.02. The molecule has 0 fully saturated rings. The lowest BCUT2D eigenvalue weighted by Gasteiger charge is -2.09. The average Bonchev–Trinajstić information content (AvgIpc) is 2.20. The number of halogens is 2. The van der Waals surface area contributed by atoms with Crippen LogP contribution in [0.4, 0.5) is 0 Å². The third-order valence-electron chi connectivity index (χ3n) is 1.73. The maximum atomic E-state index is 10.4. The van der Waals surface area contributed by atoms with Crippen LogP contribution >= 0.6 is 31.9 Å². The predicted molar refractivity (Wildman–Crippen MR) is 69.7 cm³/mol. The number of ether oxygens (including phenoxy) is 1. The van der Waals surface area contributed by atoms with E-state index in [0.717, 1.165) is 26.3 Å². The van der Waals surface area contributed by atoms with Gasteiger partial charge in [0.15, 0.2) is 0 Å². The number of carboxylic acid groups (broad SMARTS) is 1. The Morgan fingerprint density at radius 1 is 1.44 bits per heavy atom. The first-order valence-corrected chi connectivity index (χ1v) is 6.16. The zero-order chi connectivity index (χ0) is 12.1. The van der Waals surface area contributed by atoms with Gasteiger partial charge in [0.25, 0.3) is 0 Å². The SMILES string of the molecule is CCOc1c(Br)cc(/C=C/C(=O)O)cc1Br. The number of aliphatic carboxylic acids is 1. The third kappa shape index (κ3) is 3.64. The van der Waals surface area contributed by atoms with Crippen LogP contribution in [0.1, 0.15) is 12.5 Å². The van der Waals surface area contributed by atoms with Crippen LogP contribution < -0.4 is 4.74 Å². The van der Waals surface area contributed by atoms with E-state index in [4.69, 9.17) is 9.84 Å². The Morgan fingerprint density at radius 3 is 2.44 bits per heavy atom. The van der Waals surface area contributed by atoms with Crippen LogP contribution in [0.3, 0.4) is 0 Å². The molecular formula is C11H10Br2O3. The van der Waals surface area contributed by atoms with E-state index in [1.165, 1.54) is 6.08 Å². The molecule has 0 amide bonds. The van der Waals surface area contributed by atoms with E-state index in [9.17, 15) is 4.79 Å². The topological polar surface area (TPSA) is 46.5 Å². The maximum Gasteiger partial charge on any atom is 0.328 e. The van der Waals surface area contributed by atoms with Gasteiger partial charge in [-0.15, -0.1) is 0 Å². The lowest BCUT2D eigenvalue weighted by atomic mass is 10.2. The monoisotopic (exact) mass is 348 g/mol. The first-order valence-electron chi connectivity index (χ1n) is 4.57. The van der Waals surface area contributed by atoms with Gasteiger partial charge >= 0.3 is 5.97 Å².